The van der Waals surface area contributed by atoms with Crippen LogP contribution in [0.15, 0.2) is 54.9 Å². The van der Waals surface area contributed by atoms with Gasteiger partial charge < -0.3 is 30.5 Å². The molecule has 2 aliphatic heterocycles. The van der Waals surface area contributed by atoms with Crippen LogP contribution < -0.4 is 25.4 Å². The van der Waals surface area contributed by atoms with Crippen LogP contribution in [0.2, 0.25) is 0 Å². The van der Waals surface area contributed by atoms with E-state index in [9.17, 15) is 23.1 Å². The largest absolute Gasteiger partial charge is 0.481 e. The number of piperidine rings is 1. The quantitative estimate of drug-likeness (QED) is 0.253. The lowest BCUT2D eigenvalue weighted by Crippen LogP contribution is -2.41. The first kappa shape index (κ1) is 31.1. The van der Waals surface area contributed by atoms with Crippen LogP contribution in [0.1, 0.15) is 36.6 Å². The van der Waals surface area contributed by atoms with Gasteiger partial charge >= 0.3 is 12.1 Å². The van der Waals surface area contributed by atoms with Gasteiger partial charge in [0, 0.05) is 55.3 Å². The predicted molar refractivity (Wildman–Crippen MR) is 162 cm³/mol. The number of nitrogens with one attached hydrogen (secondary N) is 1. The van der Waals surface area contributed by atoms with Gasteiger partial charge in [-0.1, -0.05) is 12.1 Å². The zero-order valence-electron chi connectivity index (χ0n) is 25.2. The minimum atomic E-state index is -4.84. The number of rotatable bonds is 8. The Morgan fingerprint density at radius 3 is 2.48 bits per heavy atom. The lowest BCUT2D eigenvalue weighted by Gasteiger charge is -2.39. The van der Waals surface area contributed by atoms with Crippen molar-refractivity contribution in [1.82, 2.24) is 30.0 Å². The van der Waals surface area contributed by atoms with Gasteiger partial charge in [-0.25, -0.2) is 9.67 Å². The van der Waals surface area contributed by atoms with Gasteiger partial charge in [-0.3, -0.25) is 4.79 Å². The number of aliphatic carboxylic acids is 1. The van der Waals surface area contributed by atoms with Crippen molar-refractivity contribution in [3.05, 3.63) is 66.1 Å². The fraction of sp³-hybridized carbons (Fsp3) is 0.387. The molecular weight excluding hydrogens is 605 g/mol. The highest BCUT2D eigenvalue weighted by atomic mass is 19.4. The molecule has 0 bridgehead atoms. The Morgan fingerprint density at radius 2 is 1.87 bits per heavy atom. The van der Waals surface area contributed by atoms with Crippen LogP contribution in [0, 0.1) is 12.3 Å². The maximum atomic E-state index is 14.8. The lowest BCUT2D eigenvalue weighted by atomic mass is 9.76. The number of hydrogen-bond acceptors (Lipinski definition) is 10. The van der Waals surface area contributed by atoms with E-state index in [4.69, 9.17) is 15.2 Å². The Hall–Kier alpha value is -4.92. The van der Waals surface area contributed by atoms with Crippen molar-refractivity contribution >= 4 is 17.7 Å². The number of alkyl halides is 3. The molecule has 46 heavy (non-hydrogen) atoms. The second kappa shape index (κ2) is 12.1. The zero-order chi connectivity index (χ0) is 32.6. The molecule has 0 radical (unpaired) electrons. The summed E-state index contributed by atoms with van der Waals surface area (Å²) in [5.74, 6) is -0.688. The van der Waals surface area contributed by atoms with E-state index in [0.717, 1.165) is 0 Å². The minimum absolute atomic E-state index is 0.159. The van der Waals surface area contributed by atoms with Crippen LogP contribution >= 0.6 is 0 Å². The van der Waals surface area contributed by atoms with Crippen molar-refractivity contribution < 1.29 is 32.5 Å². The summed E-state index contributed by atoms with van der Waals surface area (Å²) in [6.45, 7) is 3.39. The van der Waals surface area contributed by atoms with Crippen LogP contribution in [-0.4, -0.2) is 74.8 Å². The van der Waals surface area contributed by atoms with E-state index in [1.807, 2.05) is 4.90 Å². The molecule has 2 saturated heterocycles. The van der Waals surface area contributed by atoms with Crippen molar-refractivity contribution in [3.8, 4) is 28.6 Å². The molecule has 15 heteroatoms. The number of carboxylic acid groups (broad SMARTS) is 1. The van der Waals surface area contributed by atoms with Crippen molar-refractivity contribution in [2.75, 3.05) is 37.4 Å². The molecule has 0 aliphatic carbocycles. The molecule has 1 unspecified atom stereocenters. The first-order valence-corrected chi connectivity index (χ1v) is 14.7. The number of anilines is 2. The van der Waals surface area contributed by atoms with E-state index in [1.54, 1.807) is 49.6 Å². The van der Waals surface area contributed by atoms with Crippen molar-refractivity contribution in [1.29, 1.82) is 0 Å². The lowest BCUT2D eigenvalue weighted by molar-refractivity contribution is -0.198. The van der Waals surface area contributed by atoms with E-state index in [2.05, 4.69) is 25.4 Å². The van der Waals surface area contributed by atoms with Gasteiger partial charge in [0.05, 0.1) is 18.5 Å². The smallest absolute Gasteiger partial charge is 0.429 e. The number of carbonyl (C=O) groups is 1. The van der Waals surface area contributed by atoms with Gasteiger partial charge in [0.1, 0.15) is 11.9 Å². The number of hydrogen-bond donors (Lipinski definition) is 3. The third-order valence-electron chi connectivity index (χ3n) is 8.61. The van der Waals surface area contributed by atoms with Crippen LogP contribution in [0.5, 0.6) is 11.8 Å². The maximum Gasteiger partial charge on any atom is 0.429 e. The summed E-state index contributed by atoms with van der Waals surface area (Å²) in [6.07, 6.45) is -2.19. The molecule has 242 valence electrons. The average molecular weight is 639 g/mol. The number of carboxylic acids is 1. The molecular formula is C31H33F3N8O4. The van der Waals surface area contributed by atoms with E-state index < -0.39 is 24.3 Å². The van der Waals surface area contributed by atoms with Crippen molar-refractivity contribution in [2.24, 2.45) is 5.41 Å². The van der Waals surface area contributed by atoms with Gasteiger partial charge in [-0.05, 0) is 55.4 Å². The molecule has 1 aromatic carbocycles. The predicted octanol–water partition coefficient (Wildman–Crippen LogP) is 4.34. The molecule has 4 N–H and O–H groups in total. The number of methoxy groups -OCH3 is 1. The van der Waals surface area contributed by atoms with Crippen molar-refractivity contribution in [3.63, 3.8) is 0 Å². The van der Waals surface area contributed by atoms with Crippen LogP contribution in [0.4, 0.5) is 24.9 Å². The molecule has 2 fully saturated rings. The molecule has 0 saturated carbocycles. The summed E-state index contributed by atoms with van der Waals surface area (Å²) in [5, 5.41) is 16.8. The third-order valence-corrected chi connectivity index (χ3v) is 8.61. The normalized spacial score (nSPS) is 18.5. The number of halogens is 3. The third kappa shape index (κ3) is 6.40. The second-order valence-electron chi connectivity index (χ2n) is 11.7. The molecule has 1 spiro atoms. The molecule has 12 nitrogen and oxygen atoms in total. The summed E-state index contributed by atoms with van der Waals surface area (Å²) >= 11 is 0. The van der Waals surface area contributed by atoms with E-state index >= 15 is 0 Å². The summed E-state index contributed by atoms with van der Waals surface area (Å²) in [5.41, 5.74) is 7.71. The number of aromatic nitrogens is 5. The van der Waals surface area contributed by atoms with Gasteiger partial charge in [-0.15, -0.1) is 0 Å². The fourth-order valence-electron chi connectivity index (χ4n) is 6.13. The molecule has 2 atom stereocenters. The molecule has 2 aliphatic rings. The van der Waals surface area contributed by atoms with Gasteiger partial charge in [0.2, 0.25) is 23.8 Å². The summed E-state index contributed by atoms with van der Waals surface area (Å²) in [7, 11) is 1.49. The second-order valence-corrected chi connectivity index (χ2v) is 11.7. The molecule has 5 heterocycles. The summed E-state index contributed by atoms with van der Waals surface area (Å²) in [6, 6.07) is 10.4. The molecule has 4 aromatic rings. The number of nitrogens with zero attached hydrogens (tertiary/aromatic N) is 6. The summed E-state index contributed by atoms with van der Waals surface area (Å²) < 4.78 is 56.5. The number of nitrogens with two attached hydrogens (primary N) is 1. The molecule has 6 rings (SSSR count). The Bertz CT molecular complexity index is 1720. The maximum absolute atomic E-state index is 14.8. The number of aryl methyl sites for hydroxylation is 1. The highest BCUT2D eigenvalue weighted by Gasteiger charge is 2.46. The van der Waals surface area contributed by atoms with Crippen LogP contribution in [0.3, 0.4) is 0 Å². The highest BCUT2D eigenvalue weighted by Crippen LogP contribution is 2.42. The summed E-state index contributed by atoms with van der Waals surface area (Å²) in [4.78, 5) is 25.8. The Kier molecular flexibility index (Phi) is 8.19. The SMILES string of the molecule is COc1ccc(-c2ccc([C@@H](Oc3cc(N4CCC5(CC4)CNC(C(=O)O)C5)nc(N)n3)C(F)(F)F)c(-n3ccc(C)n3)c2)cn1. The van der Waals surface area contributed by atoms with E-state index in [0.29, 0.717) is 67.4 Å². The van der Waals surface area contributed by atoms with E-state index in [-0.39, 0.29) is 28.5 Å². The van der Waals surface area contributed by atoms with Gasteiger partial charge in [-0.2, -0.15) is 28.2 Å². The number of ether oxygens (including phenoxy) is 2. The Labute approximate surface area is 262 Å². The first-order valence-electron chi connectivity index (χ1n) is 14.7. The Balaban J connectivity index is 1.30. The van der Waals surface area contributed by atoms with Crippen LogP contribution in [0.25, 0.3) is 16.8 Å². The van der Waals surface area contributed by atoms with Crippen LogP contribution in [-0.2, 0) is 4.79 Å². The highest BCUT2D eigenvalue weighted by molar-refractivity contribution is 5.74. The first-order chi connectivity index (χ1) is 21.9. The molecule has 0 amide bonds. The van der Waals surface area contributed by atoms with Gasteiger partial charge in [0.15, 0.2) is 0 Å². The number of benzene rings is 1. The number of pyridine rings is 1. The molecule has 3 aromatic heterocycles. The van der Waals surface area contributed by atoms with E-state index in [1.165, 1.54) is 23.9 Å². The monoisotopic (exact) mass is 638 g/mol. The Morgan fingerprint density at radius 1 is 1.11 bits per heavy atom. The van der Waals surface area contributed by atoms with Gasteiger partial charge in [0.25, 0.3) is 0 Å². The zero-order valence-corrected chi connectivity index (χ0v) is 25.2. The topological polar surface area (TPSA) is 154 Å². The average Bonchev–Trinajstić information content (AvgIpc) is 3.66. The minimum Gasteiger partial charge on any atom is -0.481 e. The number of nitrogen functional groups attached to an aromatic ring is 1. The fourth-order valence-corrected chi connectivity index (χ4v) is 6.13. The van der Waals surface area contributed by atoms with Crippen molar-refractivity contribution in [2.45, 2.75) is 44.5 Å². The standard InChI is InChI=1S/C31H33F3N8O4/c1-18-7-10-42(40-18)23-13-19(20-4-6-25(45-2)36-16-20)3-5-21(23)27(31(32,33)34)46-26-14-24(38-29(35)39-26)41-11-8-30(9-12-41)15-22(28(43)44)37-17-30/h3-7,10,13-14,16,22,27,37H,8-9,11-12,15,17H2,1-2H3,(H,43,44)(H2,35,38,39)/t22?,27-/m1/s1.